The molecule has 0 spiro atoms. The largest absolute Gasteiger partial charge is 0.454 e. The van der Waals surface area contributed by atoms with Crippen molar-refractivity contribution in [2.75, 3.05) is 33.0 Å². The normalized spacial score (nSPS) is 15.9. The Morgan fingerprint density at radius 3 is 2.47 bits per heavy atom. The number of hydrogen-bond donors (Lipinski definition) is 0. The summed E-state index contributed by atoms with van der Waals surface area (Å²) in [6, 6.07) is 12.1. The fourth-order valence-electron chi connectivity index (χ4n) is 4.35. The quantitative estimate of drug-likeness (QED) is 0.628. The Kier molecular flexibility index (Phi) is 5.30. The number of rotatable bonds is 4. The van der Waals surface area contributed by atoms with Crippen molar-refractivity contribution in [1.29, 1.82) is 0 Å². The Bertz CT molecular complexity index is 1150. The summed E-state index contributed by atoms with van der Waals surface area (Å²) in [6.45, 7) is 7.71. The van der Waals surface area contributed by atoms with Gasteiger partial charge in [-0.05, 0) is 55.8 Å². The second kappa shape index (κ2) is 8.27. The molecule has 166 valence electrons. The fraction of sp³-hybridized carbons (Fsp3) is 0.333. The third kappa shape index (κ3) is 3.82. The number of piperazine rings is 1. The Balaban J connectivity index is 1.25. The minimum atomic E-state index is -0.301. The molecule has 0 aliphatic carbocycles. The molecule has 1 amide bonds. The molecule has 0 atom stereocenters. The summed E-state index contributed by atoms with van der Waals surface area (Å²) in [5.74, 6) is 1.28. The molecule has 2 aliphatic heterocycles. The first-order chi connectivity index (χ1) is 15.5. The Morgan fingerprint density at radius 2 is 1.72 bits per heavy atom. The molecule has 3 heterocycles. The van der Waals surface area contributed by atoms with Crippen molar-refractivity contribution in [3.05, 3.63) is 70.8 Å². The SMILES string of the molecule is Cc1nn(-c2ccc(F)cc2)c(C)c1C(=O)N1CCN(Cc2ccc3c(c2)OCO3)CC1. The number of aryl methyl sites for hydroxylation is 1. The molecular weight excluding hydrogens is 411 g/mol. The summed E-state index contributed by atoms with van der Waals surface area (Å²) in [6.07, 6.45) is 0. The summed E-state index contributed by atoms with van der Waals surface area (Å²) in [7, 11) is 0. The molecule has 32 heavy (non-hydrogen) atoms. The van der Waals surface area contributed by atoms with Gasteiger partial charge in [0, 0.05) is 32.7 Å². The van der Waals surface area contributed by atoms with Gasteiger partial charge in [-0.2, -0.15) is 5.10 Å². The molecule has 1 fully saturated rings. The number of halogens is 1. The third-order valence-electron chi connectivity index (χ3n) is 6.08. The molecule has 2 aromatic carbocycles. The standard InChI is InChI=1S/C24H25FN4O3/c1-16-23(17(2)29(26-16)20-6-4-19(25)5-7-20)24(30)28-11-9-27(10-12-28)14-18-3-8-21-22(13-18)32-15-31-21/h3-8,13H,9-12,14-15H2,1-2H3. The van der Waals surface area contributed by atoms with Gasteiger partial charge in [-0.25, -0.2) is 9.07 Å². The van der Waals surface area contributed by atoms with Gasteiger partial charge in [0.25, 0.3) is 5.91 Å². The summed E-state index contributed by atoms with van der Waals surface area (Å²) in [5, 5.41) is 4.54. The minimum Gasteiger partial charge on any atom is -0.454 e. The molecule has 3 aromatic rings. The lowest BCUT2D eigenvalue weighted by Gasteiger charge is -2.34. The number of carbonyl (C=O) groups excluding carboxylic acids is 1. The average Bonchev–Trinajstić information content (AvgIpc) is 3.38. The highest BCUT2D eigenvalue weighted by Gasteiger charge is 2.27. The zero-order valence-corrected chi connectivity index (χ0v) is 18.2. The number of ether oxygens (including phenoxy) is 2. The molecule has 0 saturated carbocycles. The van der Waals surface area contributed by atoms with Gasteiger partial charge in [0.15, 0.2) is 11.5 Å². The van der Waals surface area contributed by atoms with Crippen LogP contribution < -0.4 is 9.47 Å². The number of aromatic nitrogens is 2. The maximum atomic E-state index is 13.3. The topological polar surface area (TPSA) is 59.8 Å². The van der Waals surface area contributed by atoms with Crippen LogP contribution in [0.5, 0.6) is 11.5 Å². The van der Waals surface area contributed by atoms with Gasteiger partial charge in [0.05, 0.1) is 22.6 Å². The van der Waals surface area contributed by atoms with Crippen molar-refractivity contribution in [2.45, 2.75) is 20.4 Å². The van der Waals surface area contributed by atoms with Gasteiger partial charge in [0.1, 0.15) is 5.82 Å². The molecule has 2 aliphatic rings. The Labute approximate surface area is 185 Å². The molecule has 0 bridgehead atoms. The highest BCUT2D eigenvalue weighted by atomic mass is 19.1. The number of carbonyl (C=O) groups is 1. The fourth-order valence-corrected chi connectivity index (χ4v) is 4.35. The van der Waals surface area contributed by atoms with E-state index in [4.69, 9.17) is 9.47 Å². The monoisotopic (exact) mass is 436 g/mol. The van der Waals surface area contributed by atoms with E-state index in [1.807, 2.05) is 30.9 Å². The number of amides is 1. The lowest BCUT2D eigenvalue weighted by atomic mass is 10.1. The zero-order chi connectivity index (χ0) is 22.2. The number of fused-ring (bicyclic) bond motifs is 1. The van der Waals surface area contributed by atoms with E-state index < -0.39 is 0 Å². The van der Waals surface area contributed by atoms with Crippen LogP contribution in [0.2, 0.25) is 0 Å². The Hall–Kier alpha value is -3.39. The van der Waals surface area contributed by atoms with Crippen molar-refractivity contribution in [3.8, 4) is 17.2 Å². The van der Waals surface area contributed by atoms with Crippen LogP contribution in [0.4, 0.5) is 4.39 Å². The number of hydrogen-bond acceptors (Lipinski definition) is 5. The van der Waals surface area contributed by atoms with E-state index in [-0.39, 0.29) is 18.5 Å². The van der Waals surface area contributed by atoms with E-state index in [0.717, 1.165) is 42.5 Å². The second-order valence-corrected chi connectivity index (χ2v) is 8.19. The van der Waals surface area contributed by atoms with E-state index >= 15 is 0 Å². The maximum Gasteiger partial charge on any atom is 0.257 e. The highest BCUT2D eigenvalue weighted by Crippen LogP contribution is 2.33. The van der Waals surface area contributed by atoms with E-state index in [0.29, 0.717) is 24.3 Å². The van der Waals surface area contributed by atoms with Crippen LogP contribution >= 0.6 is 0 Å². The molecule has 1 aromatic heterocycles. The molecule has 0 unspecified atom stereocenters. The molecule has 0 N–H and O–H groups in total. The molecule has 0 radical (unpaired) electrons. The van der Waals surface area contributed by atoms with Crippen LogP contribution in [-0.2, 0) is 6.54 Å². The molecule has 1 saturated heterocycles. The lowest BCUT2D eigenvalue weighted by molar-refractivity contribution is 0.0627. The van der Waals surface area contributed by atoms with Crippen molar-refractivity contribution in [2.24, 2.45) is 0 Å². The molecule has 7 nitrogen and oxygen atoms in total. The van der Waals surface area contributed by atoms with Crippen LogP contribution in [0, 0.1) is 19.7 Å². The Morgan fingerprint density at radius 1 is 1.00 bits per heavy atom. The zero-order valence-electron chi connectivity index (χ0n) is 18.2. The average molecular weight is 436 g/mol. The smallest absolute Gasteiger partial charge is 0.257 e. The van der Waals surface area contributed by atoms with Crippen LogP contribution in [0.15, 0.2) is 42.5 Å². The molecule has 8 heteroatoms. The minimum absolute atomic E-state index is 0.00362. The summed E-state index contributed by atoms with van der Waals surface area (Å²) >= 11 is 0. The second-order valence-electron chi connectivity index (χ2n) is 8.19. The number of nitrogens with zero attached hydrogens (tertiary/aromatic N) is 4. The first-order valence-electron chi connectivity index (χ1n) is 10.7. The van der Waals surface area contributed by atoms with Crippen molar-refractivity contribution >= 4 is 5.91 Å². The van der Waals surface area contributed by atoms with E-state index in [1.165, 1.54) is 17.7 Å². The van der Waals surface area contributed by atoms with E-state index in [1.54, 1.807) is 16.8 Å². The van der Waals surface area contributed by atoms with Gasteiger partial charge >= 0.3 is 0 Å². The van der Waals surface area contributed by atoms with E-state index in [9.17, 15) is 9.18 Å². The predicted molar refractivity (Wildman–Crippen MR) is 117 cm³/mol. The maximum absolute atomic E-state index is 13.3. The van der Waals surface area contributed by atoms with Crippen molar-refractivity contribution in [3.63, 3.8) is 0 Å². The summed E-state index contributed by atoms with van der Waals surface area (Å²) in [4.78, 5) is 17.5. The van der Waals surface area contributed by atoms with Crippen LogP contribution in [0.1, 0.15) is 27.3 Å². The predicted octanol–water partition coefficient (Wildman–Crippen LogP) is 3.31. The van der Waals surface area contributed by atoms with Gasteiger partial charge in [-0.15, -0.1) is 0 Å². The van der Waals surface area contributed by atoms with Gasteiger partial charge < -0.3 is 14.4 Å². The van der Waals surface area contributed by atoms with Crippen LogP contribution in [0.3, 0.4) is 0 Å². The van der Waals surface area contributed by atoms with Crippen LogP contribution in [-0.4, -0.2) is 58.5 Å². The summed E-state index contributed by atoms with van der Waals surface area (Å²) < 4.78 is 25.8. The first-order valence-corrected chi connectivity index (χ1v) is 10.7. The van der Waals surface area contributed by atoms with Crippen molar-refractivity contribution < 1.29 is 18.7 Å². The van der Waals surface area contributed by atoms with Crippen molar-refractivity contribution in [1.82, 2.24) is 19.6 Å². The van der Waals surface area contributed by atoms with E-state index in [2.05, 4.69) is 16.1 Å². The van der Waals surface area contributed by atoms with Gasteiger partial charge in [-0.3, -0.25) is 9.69 Å². The molecule has 5 rings (SSSR count). The first kappa shape index (κ1) is 20.5. The van der Waals surface area contributed by atoms with Crippen LogP contribution in [0.25, 0.3) is 5.69 Å². The lowest BCUT2D eigenvalue weighted by Crippen LogP contribution is -2.48. The molecular formula is C24H25FN4O3. The van der Waals surface area contributed by atoms with Gasteiger partial charge in [0.2, 0.25) is 6.79 Å². The summed E-state index contributed by atoms with van der Waals surface area (Å²) in [5.41, 5.74) is 3.97. The number of benzene rings is 2. The van der Waals surface area contributed by atoms with Gasteiger partial charge in [-0.1, -0.05) is 6.07 Å². The highest BCUT2D eigenvalue weighted by molar-refractivity contribution is 5.96. The third-order valence-corrected chi connectivity index (χ3v) is 6.08.